The second-order valence-electron chi connectivity index (χ2n) is 4.30. The van der Waals surface area contributed by atoms with E-state index in [4.69, 9.17) is 9.84 Å². The van der Waals surface area contributed by atoms with Crippen LogP contribution in [0.4, 0.5) is 0 Å². The quantitative estimate of drug-likeness (QED) is 0.747. The molecule has 1 rings (SSSR count). The molecule has 0 heterocycles. The van der Waals surface area contributed by atoms with E-state index in [0.29, 0.717) is 6.42 Å². The van der Waals surface area contributed by atoms with Crippen molar-refractivity contribution < 1.29 is 19.4 Å². The molecular formula is C11H19NO4. The average Bonchev–Trinajstić information content (AvgIpc) is 2.25. The SMILES string of the molecule is COC1CCCC(C(NC(C)=O)C(=O)O)C1. The van der Waals surface area contributed by atoms with Crippen molar-refractivity contribution in [2.75, 3.05) is 7.11 Å². The summed E-state index contributed by atoms with van der Waals surface area (Å²) in [6.45, 7) is 1.34. The molecule has 1 aliphatic rings. The lowest BCUT2D eigenvalue weighted by atomic mass is 9.82. The second kappa shape index (κ2) is 5.84. The van der Waals surface area contributed by atoms with Crippen LogP contribution in [0, 0.1) is 5.92 Å². The second-order valence-corrected chi connectivity index (χ2v) is 4.30. The molecule has 0 aromatic heterocycles. The van der Waals surface area contributed by atoms with Crippen molar-refractivity contribution in [1.29, 1.82) is 0 Å². The highest BCUT2D eigenvalue weighted by molar-refractivity contribution is 5.82. The van der Waals surface area contributed by atoms with Crippen LogP contribution < -0.4 is 5.32 Å². The minimum atomic E-state index is -0.961. The first kappa shape index (κ1) is 13.0. The van der Waals surface area contributed by atoms with E-state index in [9.17, 15) is 9.59 Å². The molecule has 1 amide bonds. The van der Waals surface area contributed by atoms with Gasteiger partial charge in [-0.1, -0.05) is 6.42 Å². The summed E-state index contributed by atoms with van der Waals surface area (Å²) < 4.78 is 5.25. The Balaban J connectivity index is 2.62. The van der Waals surface area contributed by atoms with Crippen molar-refractivity contribution in [2.45, 2.75) is 44.8 Å². The molecule has 0 bridgehead atoms. The third kappa shape index (κ3) is 3.48. The van der Waals surface area contributed by atoms with E-state index >= 15 is 0 Å². The van der Waals surface area contributed by atoms with Gasteiger partial charge in [0, 0.05) is 14.0 Å². The molecule has 16 heavy (non-hydrogen) atoms. The molecule has 0 spiro atoms. The lowest BCUT2D eigenvalue weighted by molar-refractivity contribution is -0.144. The van der Waals surface area contributed by atoms with E-state index in [1.54, 1.807) is 7.11 Å². The molecule has 3 unspecified atom stereocenters. The number of methoxy groups -OCH3 is 1. The Morgan fingerprint density at radius 2 is 2.12 bits per heavy atom. The van der Waals surface area contributed by atoms with Gasteiger partial charge in [0.05, 0.1) is 6.10 Å². The number of carbonyl (C=O) groups excluding carboxylic acids is 1. The molecule has 92 valence electrons. The van der Waals surface area contributed by atoms with Crippen LogP contribution in [-0.4, -0.2) is 36.2 Å². The Morgan fingerprint density at radius 1 is 1.44 bits per heavy atom. The molecule has 5 nitrogen and oxygen atoms in total. The number of hydrogen-bond acceptors (Lipinski definition) is 3. The van der Waals surface area contributed by atoms with Crippen molar-refractivity contribution in [3.8, 4) is 0 Å². The molecule has 0 saturated heterocycles. The summed E-state index contributed by atoms with van der Waals surface area (Å²) in [7, 11) is 1.64. The largest absolute Gasteiger partial charge is 0.480 e. The molecule has 0 aromatic rings. The first-order valence-corrected chi connectivity index (χ1v) is 5.57. The van der Waals surface area contributed by atoms with Gasteiger partial charge in [-0.25, -0.2) is 4.79 Å². The number of ether oxygens (including phenoxy) is 1. The lowest BCUT2D eigenvalue weighted by Gasteiger charge is -2.32. The number of nitrogens with one attached hydrogen (secondary N) is 1. The zero-order valence-electron chi connectivity index (χ0n) is 9.73. The van der Waals surface area contributed by atoms with E-state index in [2.05, 4.69) is 5.32 Å². The maximum Gasteiger partial charge on any atom is 0.326 e. The molecule has 2 N–H and O–H groups in total. The van der Waals surface area contributed by atoms with Crippen LogP contribution in [0.15, 0.2) is 0 Å². The van der Waals surface area contributed by atoms with Crippen LogP contribution in [0.5, 0.6) is 0 Å². The number of carboxylic acids is 1. The van der Waals surface area contributed by atoms with Crippen molar-refractivity contribution in [2.24, 2.45) is 5.92 Å². The van der Waals surface area contributed by atoms with E-state index in [0.717, 1.165) is 19.3 Å². The molecule has 1 saturated carbocycles. The van der Waals surface area contributed by atoms with Gasteiger partial charge in [0.15, 0.2) is 0 Å². The summed E-state index contributed by atoms with van der Waals surface area (Å²) in [5.74, 6) is -1.29. The van der Waals surface area contributed by atoms with Crippen molar-refractivity contribution in [3.05, 3.63) is 0 Å². The molecular weight excluding hydrogens is 210 g/mol. The molecule has 0 aliphatic heterocycles. The monoisotopic (exact) mass is 229 g/mol. The Hall–Kier alpha value is -1.10. The summed E-state index contributed by atoms with van der Waals surface area (Å²) in [5.41, 5.74) is 0. The average molecular weight is 229 g/mol. The summed E-state index contributed by atoms with van der Waals surface area (Å²) in [6.07, 6.45) is 3.57. The maximum absolute atomic E-state index is 11.1. The fourth-order valence-electron chi connectivity index (χ4n) is 2.30. The zero-order valence-corrected chi connectivity index (χ0v) is 9.73. The number of carboxylic acid groups (broad SMARTS) is 1. The fourth-order valence-corrected chi connectivity index (χ4v) is 2.30. The third-order valence-electron chi connectivity index (χ3n) is 3.10. The number of amides is 1. The summed E-state index contributed by atoms with van der Waals surface area (Å²) >= 11 is 0. The highest BCUT2D eigenvalue weighted by Gasteiger charge is 2.33. The minimum absolute atomic E-state index is 0.0277. The van der Waals surface area contributed by atoms with Crippen molar-refractivity contribution in [1.82, 2.24) is 5.32 Å². The van der Waals surface area contributed by atoms with Crippen LogP contribution in [0.2, 0.25) is 0 Å². The van der Waals surface area contributed by atoms with Gasteiger partial charge < -0.3 is 15.2 Å². The molecule has 3 atom stereocenters. The van der Waals surface area contributed by atoms with Gasteiger partial charge >= 0.3 is 5.97 Å². The molecule has 0 radical (unpaired) electrons. The van der Waals surface area contributed by atoms with E-state index in [1.165, 1.54) is 6.92 Å². The van der Waals surface area contributed by atoms with Gasteiger partial charge in [0.2, 0.25) is 5.91 Å². The Bertz CT molecular complexity index is 267. The first-order valence-electron chi connectivity index (χ1n) is 5.57. The predicted octanol–water partition coefficient (Wildman–Crippen LogP) is 0.781. The van der Waals surface area contributed by atoms with E-state index in [-0.39, 0.29) is 17.9 Å². The predicted molar refractivity (Wildman–Crippen MR) is 58.0 cm³/mol. The highest BCUT2D eigenvalue weighted by atomic mass is 16.5. The smallest absolute Gasteiger partial charge is 0.326 e. The van der Waals surface area contributed by atoms with Crippen LogP contribution >= 0.6 is 0 Å². The topological polar surface area (TPSA) is 75.6 Å². The molecule has 1 aliphatic carbocycles. The highest BCUT2D eigenvalue weighted by Crippen LogP contribution is 2.28. The minimum Gasteiger partial charge on any atom is -0.480 e. The van der Waals surface area contributed by atoms with Crippen molar-refractivity contribution in [3.63, 3.8) is 0 Å². The van der Waals surface area contributed by atoms with Crippen molar-refractivity contribution >= 4 is 11.9 Å². The number of aliphatic carboxylic acids is 1. The van der Waals surface area contributed by atoms with Crippen LogP contribution in [0.25, 0.3) is 0 Å². The van der Waals surface area contributed by atoms with Crippen LogP contribution in [0.3, 0.4) is 0 Å². The van der Waals surface area contributed by atoms with Gasteiger partial charge in [-0.2, -0.15) is 0 Å². The van der Waals surface area contributed by atoms with Crippen LogP contribution in [0.1, 0.15) is 32.6 Å². The number of rotatable bonds is 4. The number of hydrogen-bond donors (Lipinski definition) is 2. The molecule has 1 fully saturated rings. The van der Waals surface area contributed by atoms with Crippen LogP contribution in [-0.2, 0) is 14.3 Å². The van der Waals surface area contributed by atoms with E-state index in [1.807, 2.05) is 0 Å². The lowest BCUT2D eigenvalue weighted by Crippen LogP contribution is -2.47. The fraction of sp³-hybridized carbons (Fsp3) is 0.818. The standard InChI is InChI=1S/C11H19NO4/c1-7(13)12-10(11(14)15)8-4-3-5-9(6-8)16-2/h8-10H,3-6H2,1-2H3,(H,12,13)(H,14,15). The Kier molecular flexibility index (Phi) is 4.73. The first-order chi connectivity index (χ1) is 7.54. The third-order valence-corrected chi connectivity index (χ3v) is 3.10. The Morgan fingerprint density at radius 3 is 2.62 bits per heavy atom. The number of carbonyl (C=O) groups is 2. The Labute approximate surface area is 95.2 Å². The summed E-state index contributed by atoms with van der Waals surface area (Å²) in [4.78, 5) is 22.0. The van der Waals surface area contributed by atoms with Gasteiger partial charge in [-0.05, 0) is 25.2 Å². The normalized spacial score (nSPS) is 27.1. The van der Waals surface area contributed by atoms with Gasteiger partial charge in [0.25, 0.3) is 0 Å². The molecule has 5 heteroatoms. The van der Waals surface area contributed by atoms with Gasteiger partial charge in [0.1, 0.15) is 6.04 Å². The summed E-state index contributed by atoms with van der Waals surface area (Å²) in [5, 5.41) is 11.6. The van der Waals surface area contributed by atoms with Gasteiger partial charge in [-0.3, -0.25) is 4.79 Å². The van der Waals surface area contributed by atoms with E-state index < -0.39 is 12.0 Å². The summed E-state index contributed by atoms with van der Waals surface area (Å²) in [6, 6.07) is -0.782. The molecule has 0 aromatic carbocycles. The zero-order chi connectivity index (χ0) is 12.1. The maximum atomic E-state index is 11.1. The van der Waals surface area contributed by atoms with Gasteiger partial charge in [-0.15, -0.1) is 0 Å².